The lowest BCUT2D eigenvalue weighted by atomic mass is 10.0. The number of guanidine groups is 1. The minimum atomic E-state index is -0.911. The molecule has 3 rings (SSSR count). The molecule has 1 aromatic carbocycles. The number of para-hydroxylation sites is 1. The van der Waals surface area contributed by atoms with Gasteiger partial charge in [-0.15, -0.1) is 11.3 Å². The third-order valence-corrected chi connectivity index (χ3v) is 7.65. The van der Waals surface area contributed by atoms with Gasteiger partial charge in [-0.1, -0.05) is 26.0 Å². The lowest BCUT2D eigenvalue weighted by Crippen LogP contribution is -2.53. The van der Waals surface area contributed by atoms with Crippen molar-refractivity contribution in [3.63, 3.8) is 0 Å². The number of Topliss-reactive ketones (excluding diaryl/α,β-unsaturated/α-hetero) is 1. The van der Waals surface area contributed by atoms with Crippen LogP contribution in [0.2, 0.25) is 0 Å². The van der Waals surface area contributed by atoms with Crippen LogP contribution >= 0.6 is 11.3 Å². The topological polar surface area (TPSA) is 180 Å². The molecule has 1 saturated heterocycles. The lowest BCUT2D eigenvalue weighted by Gasteiger charge is -2.31. The van der Waals surface area contributed by atoms with E-state index in [0.717, 1.165) is 4.70 Å². The number of rotatable bonds is 12. The van der Waals surface area contributed by atoms with Crippen LogP contribution in [0.15, 0.2) is 24.3 Å². The number of fused-ring (bicyclic) bond motifs is 1. The third kappa shape index (κ3) is 9.18. The fourth-order valence-corrected chi connectivity index (χ4v) is 5.48. The molecule has 0 unspecified atom stereocenters. The predicted octanol–water partition coefficient (Wildman–Crippen LogP) is 2.38. The number of hydrogen-bond acceptors (Lipinski definition) is 8. The van der Waals surface area contributed by atoms with E-state index in [9.17, 15) is 19.2 Å². The first-order chi connectivity index (χ1) is 19.0. The molecular weight excluding hydrogens is 534 g/mol. The SMILES string of the molecule is CC(=O)N1CCC(OC(=O)N[C@@H](CC(C)C)C(=O)N[C@@H](CCCNC(=N)N)C(=O)c2nc3ccccc3s2)CC1. The van der Waals surface area contributed by atoms with Crippen LogP contribution in [0.3, 0.4) is 0 Å². The molecule has 6 N–H and O–H groups in total. The fraction of sp³-hybridized carbons (Fsp3) is 0.556. The number of likely N-dealkylation sites (tertiary alicyclic amines) is 1. The van der Waals surface area contributed by atoms with Crippen LogP contribution in [0.1, 0.15) is 62.7 Å². The maximum atomic E-state index is 13.5. The van der Waals surface area contributed by atoms with Gasteiger partial charge in [-0.2, -0.15) is 0 Å². The number of amides is 3. The molecular formula is C27H39N7O5S. The second kappa shape index (κ2) is 14.6. The molecule has 1 fully saturated rings. The van der Waals surface area contributed by atoms with Gasteiger partial charge in [-0.3, -0.25) is 19.8 Å². The van der Waals surface area contributed by atoms with Gasteiger partial charge in [-0.05, 0) is 37.3 Å². The van der Waals surface area contributed by atoms with E-state index >= 15 is 0 Å². The highest BCUT2D eigenvalue weighted by Gasteiger charge is 2.31. The number of ether oxygens (including phenoxy) is 1. The van der Waals surface area contributed by atoms with Gasteiger partial charge in [-0.25, -0.2) is 9.78 Å². The van der Waals surface area contributed by atoms with Gasteiger partial charge in [0.1, 0.15) is 12.1 Å². The van der Waals surface area contributed by atoms with Crippen molar-refractivity contribution in [3.05, 3.63) is 29.3 Å². The molecule has 40 heavy (non-hydrogen) atoms. The molecule has 1 aromatic heterocycles. The Balaban J connectivity index is 1.68. The fourth-order valence-electron chi connectivity index (χ4n) is 4.52. The summed E-state index contributed by atoms with van der Waals surface area (Å²) in [6.07, 6.45) is 1.10. The largest absolute Gasteiger partial charge is 0.446 e. The highest BCUT2D eigenvalue weighted by Crippen LogP contribution is 2.23. The van der Waals surface area contributed by atoms with Crippen LogP contribution in [-0.4, -0.2) is 77.4 Å². The average Bonchev–Trinajstić information content (AvgIpc) is 3.34. The van der Waals surface area contributed by atoms with E-state index in [4.69, 9.17) is 15.9 Å². The number of hydrogen-bond donors (Lipinski definition) is 5. The standard InChI is InChI=1S/C27H39N7O5S/c1-16(2)15-21(33-27(38)39-18-10-13-34(14-11-18)17(3)35)24(37)31-20(8-6-12-30-26(28)29)23(36)25-32-19-7-4-5-9-22(19)40-25/h4-5,7,9,16,18,20-21H,6,8,10-15H2,1-3H3,(H,31,37)(H,33,38)(H4,28,29,30)/t20-,21-/m0/s1. The summed E-state index contributed by atoms with van der Waals surface area (Å²) in [5, 5.41) is 15.8. The molecule has 2 heterocycles. The average molecular weight is 574 g/mol. The van der Waals surface area contributed by atoms with E-state index in [1.54, 1.807) is 4.90 Å². The molecule has 3 amide bonds. The Morgan fingerprint density at radius 1 is 1.15 bits per heavy atom. The van der Waals surface area contributed by atoms with Gasteiger partial charge in [0.05, 0.1) is 16.3 Å². The molecule has 13 heteroatoms. The molecule has 2 aromatic rings. The molecule has 0 saturated carbocycles. The van der Waals surface area contributed by atoms with Crippen molar-refractivity contribution in [3.8, 4) is 0 Å². The summed E-state index contributed by atoms with van der Waals surface area (Å²) in [5.41, 5.74) is 6.07. The number of nitrogens with zero attached hydrogens (tertiary/aromatic N) is 2. The Kier molecular flexibility index (Phi) is 11.2. The Labute approximate surface area is 237 Å². The maximum Gasteiger partial charge on any atom is 0.408 e. The van der Waals surface area contributed by atoms with Gasteiger partial charge < -0.3 is 31.3 Å². The van der Waals surface area contributed by atoms with Gasteiger partial charge >= 0.3 is 6.09 Å². The molecule has 0 aliphatic carbocycles. The quantitative estimate of drug-likeness (QED) is 0.111. The van der Waals surface area contributed by atoms with E-state index < -0.39 is 24.1 Å². The van der Waals surface area contributed by atoms with Gasteiger partial charge in [0, 0.05) is 39.4 Å². The van der Waals surface area contributed by atoms with Crippen molar-refractivity contribution >= 4 is 51.2 Å². The lowest BCUT2D eigenvalue weighted by molar-refractivity contribution is -0.131. The minimum absolute atomic E-state index is 0.0106. The number of carbonyl (C=O) groups is 4. The normalized spacial score (nSPS) is 15.3. The van der Waals surface area contributed by atoms with Crippen molar-refractivity contribution in [2.24, 2.45) is 11.7 Å². The van der Waals surface area contributed by atoms with E-state index in [1.165, 1.54) is 18.3 Å². The summed E-state index contributed by atoms with van der Waals surface area (Å²) in [5.74, 6) is -0.919. The number of nitrogens with one attached hydrogen (secondary N) is 4. The molecule has 0 spiro atoms. The first-order valence-corrected chi connectivity index (χ1v) is 14.4. The number of ketones is 1. The molecule has 2 atom stereocenters. The van der Waals surface area contributed by atoms with Crippen molar-refractivity contribution in [2.45, 2.75) is 71.1 Å². The number of carbonyl (C=O) groups excluding carboxylic acids is 4. The Morgan fingerprint density at radius 3 is 2.48 bits per heavy atom. The summed E-state index contributed by atoms with van der Waals surface area (Å²) in [6.45, 7) is 6.76. The van der Waals surface area contributed by atoms with E-state index in [-0.39, 0.29) is 41.1 Å². The van der Waals surface area contributed by atoms with Gasteiger partial charge in [0.2, 0.25) is 17.6 Å². The maximum absolute atomic E-state index is 13.5. The van der Waals surface area contributed by atoms with Gasteiger partial charge in [0.15, 0.2) is 11.0 Å². The van der Waals surface area contributed by atoms with Gasteiger partial charge in [0.25, 0.3) is 0 Å². The third-order valence-electron chi connectivity index (χ3n) is 6.60. The summed E-state index contributed by atoms with van der Waals surface area (Å²) < 4.78 is 6.42. The molecule has 12 nitrogen and oxygen atoms in total. The van der Waals surface area contributed by atoms with Crippen LogP contribution in [0.5, 0.6) is 0 Å². The second-order valence-electron chi connectivity index (χ2n) is 10.3. The molecule has 1 aliphatic rings. The summed E-state index contributed by atoms with van der Waals surface area (Å²) in [4.78, 5) is 57.4. The molecule has 1 aliphatic heterocycles. The summed E-state index contributed by atoms with van der Waals surface area (Å²) in [7, 11) is 0. The second-order valence-corrected chi connectivity index (χ2v) is 11.4. The van der Waals surface area contributed by atoms with Crippen molar-refractivity contribution in [1.82, 2.24) is 25.8 Å². The smallest absolute Gasteiger partial charge is 0.408 e. The number of nitrogens with two attached hydrogens (primary N) is 1. The monoisotopic (exact) mass is 573 g/mol. The molecule has 0 radical (unpaired) electrons. The van der Waals surface area contributed by atoms with Crippen LogP contribution in [0, 0.1) is 11.3 Å². The first kappa shape index (κ1) is 30.8. The molecule has 0 bridgehead atoms. The zero-order valence-electron chi connectivity index (χ0n) is 23.2. The Hall–Kier alpha value is -3.74. The first-order valence-electron chi connectivity index (χ1n) is 13.5. The minimum Gasteiger partial charge on any atom is -0.446 e. The Morgan fingerprint density at radius 2 is 1.85 bits per heavy atom. The Bertz CT molecular complexity index is 1180. The highest BCUT2D eigenvalue weighted by atomic mass is 32.1. The van der Waals surface area contributed by atoms with E-state index in [1.807, 2.05) is 38.1 Å². The van der Waals surface area contributed by atoms with Crippen LogP contribution in [-0.2, 0) is 14.3 Å². The van der Waals surface area contributed by atoms with Crippen molar-refractivity contribution in [1.29, 1.82) is 5.41 Å². The molecule has 218 valence electrons. The number of aromatic nitrogens is 1. The number of benzene rings is 1. The zero-order valence-corrected chi connectivity index (χ0v) is 24.0. The number of thiazole rings is 1. The number of alkyl carbamates (subject to hydrolysis) is 1. The van der Waals surface area contributed by atoms with Crippen LogP contribution in [0.4, 0.5) is 4.79 Å². The zero-order chi connectivity index (χ0) is 29.2. The number of piperidine rings is 1. The van der Waals surface area contributed by atoms with E-state index in [2.05, 4.69) is 20.9 Å². The van der Waals surface area contributed by atoms with E-state index in [0.29, 0.717) is 50.8 Å². The predicted molar refractivity (Wildman–Crippen MR) is 153 cm³/mol. The van der Waals surface area contributed by atoms with Crippen molar-refractivity contribution in [2.75, 3.05) is 19.6 Å². The highest BCUT2D eigenvalue weighted by molar-refractivity contribution is 7.20. The summed E-state index contributed by atoms with van der Waals surface area (Å²) >= 11 is 1.26. The summed E-state index contributed by atoms with van der Waals surface area (Å²) in [6, 6.07) is 5.63. The van der Waals surface area contributed by atoms with Crippen molar-refractivity contribution < 1.29 is 23.9 Å². The van der Waals surface area contributed by atoms with Crippen LogP contribution < -0.4 is 21.7 Å². The van der Waals surface area contributed by atoms with Crippen LogP contribution in [0.25, 0.3) is 10.2 Å².